The van der Waals surface area contributed by atoms with E-state index in [9.17, 15) is 19.1 Å². The van der Waals surface area contributed by atoms with Gasteiger partial charge in [0.2, 0.25) is 0 Å². The highest BCUT2D eigenvalue weighted by Gasteiger charge is 2.55. The van der Waals surface area contributed by atoms with Gasteiger partial charge in [0.25, 0.3) is 11.8 Å². The third-order valence-electron chi connectivity index (χ3n) is 6.34. The van der Waals surface area contributed by atoms with E-state index in [1.54, 1.807) is 6.92 Å². The molecule has 2 bridgehead atoms. The summed E-state index contributed by atoms with van der Waals surface area (Å²) in [6.07, 6.45) is 3.13. The molecule has 1 aromatic carbocycles. The maximum atomic E-state index is 13.5. The molecule has 1 aromatic heterocycles. The van der Waals surface area contributed by atoms with Gasteiger partial charge in [0, 0.05) is 11.6 Å². The Hall–Kier alpha value is -2.65. The lowest BCUT2D eigenvalue weighted by Gasteiger charge is -2.56. The number of aromatic nitrogens is 1. The Kier molecular flexibility index (Phi) is 5.65. The summed E-state index contributed by atoms with van der Waals surface area (Å²) in [6.45, 7) is 1.35. The highest BCUT2D eigenvalue weighted by molar-refractivity contribution is 6.30. The van der Waals surface area contributed by atoms with Crippen molar-refractivity contribution in [2.45, 2.75) is 56.2 Å². The van der Waals surface area contributed by atoms with Crippen molar-refractivity contribution in [3.63, 3.8) is 0 Å². The standard InChI is InChI=1S/C21H23ClFN3O5/c1-12-14(10-24-31-12)19(29)26-20-4-6-21(7-5-20,17(27)9-20)25-18(28)11-30-13-2-3-15(22)16(23)8-13/h2-3,8,10,17,27H,4-7,9,11H2,1H3,(H,25,28)(H,26,29). The van der Waals surface area contributed by atoms with E-state index < -0.39 is 28.9 Å². The number of rotatable bonds is 6. The molecular weight excluding hydrogens is 429 g/mol. The number of amides is 2. The van der Waals surface area contributed by atoms with Crippen LogP contribution in [0.4, 0.5) is 4.39 Å². The van der Waals surface area contributed by atoms with Crippen LogP contribution >= 0.6 is 11.6 Å². The summed E-state index contributed by atoms with van der Waals surface area (Å²) in [4.78, 5) is 25.1. The summed E-state index contributed by atoms with van der Waals surface area (Å²) in [5.41, 5.74) is -0.940. The quantitative estimate of drug-likeness (QED) is 0.622. The van der Waals surface area contributed by atoms with Gasteiger partial charge in [-0.05, 0) is 51.2 Å². The molecule has 8 nitrogen and oxygen atoms in total. The van der Waals surface area contributed by atoms with Crippen LogP contribution in [0.2, 0.25) is 5.02 Å². The van der Waals surface area contributed by atoms with E-state index in [1.807, 2.05) is 0 Å². The van der Waals surface area contributed by atoms with Crippen LogP contribution in [0.25, 0.3) is 0 Å². The van der Waals surface area contributed by atoms with Crippen molar-refractivity contribution < 1.29 is 28.3 Å². The molecule has 10 heteroatoms. The molecule has 0 saturated heterocycles. The van der Waals surface area contributed by atoms with Crippen molar-refractivity contribution in [1.82, 2.24) is 15.8 Å². The lowest BCUT2D eigenvalue weighted by atomic mass is 9.60. The average molecular weight is 452 g/mol. The molecule has 31 heavy (non-hydrogen) atoms. The summed E-state index contributed by atoms with van der Waals surface area (Å²) in [6, 6.07) is 3.93. The molecule has 166 valence electrons. The normalized spacial score (nSPS) is 27.0. The molecule has 2 amide bonds. The fourth-order valence-electron chi connectivity index (χ4n) is 4.52. The van der Waals surface area contributed by atoms with Crippen molar-refractivity contribution in [3.8, 4) is 5.75 Å². The number of aryl methyl sites for hydroxylation is 1. The zero-order valence-electron chi connectivity index (χ0n) is 16.9. The van der Waals surface area contributed by atoms with Crippen molar-refractivity contribution in [2.24, 2.45) is 0 Å². The van der Waals surface area contributed by atoms with Crippen molar-refractivity contribution in [3.05, 3.63) is 46.6 Å². The number of ether oxygens (including phenoxy) is 1. The number of aliphatic hydroxyl groups is 1. The SMILES string of the molecule is Cc1oncc1C(=O)NC12CCC(NC(=O)COc3ccc(Cl)c(F)c3)(CC1)C(O)C2. The third kappa shape index (κ3) is 4.24. The van der Waals surface area contributed by atoms with E-state index in [4.69, 9.17) is 20.9 Å². The van der Waals surface area contributed by atoms with Crippen molar-refractivity contribution >= 4 is 23.4 Å². The second kappa shape index (κ2) is 8.12. The second-order valence-corrected chi connectivity index (χ2v) is 8.73. The van der Waals surface area contributed by atoms with Crippen LogP contribution in [0.5, 0.6) is 5.75 Å². The number of fused-ring (bicyclic) bond motifs is 3. The van der Waals surface area contributed by atoms with Crippen LogP contribution in [-0.4, -0.2) is 45.9 Å². The number of hydrogen-bond donors (Lipinski definition) is 3. The molecule has 1 heterocycles. The molecular formula is C21H23ClFN3O5. The highest BCUT2D eigenvalue weighted by Crippen LogP contribution is 2.47. The van der Waals surface area contributed by atoms with Crippen LogP contribution in [0.1, 0.15) is 48.2 Å². The largest absolute Gasteiger partial charge is 0.484 e. The molecule has 1 atom stereocenters. The predicted octanol–water partition coefficient (Wildman–Crippen LogP) is 2.52. The number of nitrogens with zero attached hydrogens (tertiary/aromatic N) is 1. The molecule has 3 saturated carbocycles. The zero-order chi connectivity index (χ0) is 22.2. The molecule has 3 aliphatic rings. The Labute approximate surface area is 183 Å². The third-order valence-corrected chi connectivity index (χ3v) is 6.65. The first-order chi connectivity index (χ1) is 14.7. The molecule has 1 unspecified atom stereocenters. The first-order valence-electron chi connectivity index (χ1n) is 10.0. The van der Waals surface area contributed by atoms with Gasteiger partial charge in [0.05, 0.1) is 22.9 Å². The first-order valence-corrected chi connectivity index (χ1v) is 10.4. The smallest absolute Gasteiger partial charge is 0.258 e. The Balaban J connectivity index is 1.35. The summed E-state index contributed by atoms with van der Waals surface area (Å²) < 4.78 is 23.8. The molecule has 0 radical (unpaired) electrons. The van der Waals surface area contributed by atoms with E-state index in [0.717, 1.165) is 6.07 Å². The summed E-state index contributed by atoms with van der Waals surface area (Å²) in [5, 5.41) is 20.4. The Morgan fingerprint density at radius 1 is 1.32 bits per heavy atom. The maximum Gasteiger partial charge on any atom is 0.258 e. The number of carbonyl (C=O) groups excluding carboxylic acids is 2. The molecule has 3 N–H and O–H groups in total. The second-order valence-electron chi connectivity index (χ2n) is 8.32. The first kappa shape index (κ1) is 21.6. The molecule has 0 aliphatic heterocycles. The van der Waals surface area contributed by atoms with Crippen LogP contribution in [0, 0.1) is 12.7 Å². The number of nitrogens with one attached hydrogen (secondary N) is 2. The highest BCUT2D eigenvalue weighted by atomic mass is 35.5. The molecule has 5 rings (SSSR count). The Bertz CT molecular complexity index is 1000. The fraction of sp³-hybridized carbons (Fsp3) is 0.476. The van der Waals surface area contributed by atoms with Gasteiger partial charge in [0.15, 0.2) is 6.61 Å². The van der Waals surface area contributed by atoms with Gasteiger partial charge in [-0.3, -0.25) is 9.59 Å². The molecule has 0 spiro atoms. The minimum absolute atomic E-state index is 0.0296. The van der Waals surface area contributed by atoms with Crippen LogP contribution in [-0.2, 0) is 4.79 Å². The number of benzene rings is 1. The Morgan fingerprint density at radius 2 is 2.06 bits per heavy atom. The van der Waals surface area contributed by atoms with E-state index in [-0.39, 0.29) is 23.3 Å². The number of carbonyl (C=O) groups is 2. The zero-order valence-corrected chi connectivity index (χ0v) is 17.7. The minimum Gasteiger partial charge on any atom is -0.484 e. The Morgan fingerprint density at radius 3 is 2.68 bits per heavy atom. The monoisotopic (exact) mass is 451 g/mol. The van der Waals surface area contributed by atoms with Crippen LogP contribution in [0.3, 0.4) is 0 Å². The number of aliphatic hydroxyl groups excluding tert-OH is 1. The van der Waals surface area contributed by atoms with E-state index >= 15 is 0 Å². The molecule has 2 aromatic rings. The van der Waals surface area contributed by atoms with E-state index in [1.165, 1.54) is 18.3 Å². The molecule has 3 aliphatic carbocycles. The topological polar surface area (TPSA) is 114 Å². The van der Waals surface area contributed by atoms with Gasteiger partial charge in [0.1, 0.15) is 22.9 Å². The van der Waals surface area contributed by atoms with Gasteiger partial charge in [-0.15, -0.1) is 0 Å². The van der Waals surface area contributed by atoms with Gasteiger partial charge in [-0.25, -0.2) is 4.39 Å². The predicted molar refractivity (Wildman–Crippen MR) is 108 cm³/mol. The minimum atomic E-state index is -0.823. The van der Waals surface area contributed by atoms with Gasteiger partial charge in [-0.1, -0.05) is 16.8 Å². The lowest BCUT2D eigenvalue weighted by molar-refractivity contribution is -0.132. The van der Waals surface area contributed by atoms with Crippen LogP contribution < -0.4 is 15.4 Å². The van der Waals surface area contributed by atoms with E-state index in [0.29, 0.717) is 43.4 Å². The summed E-state index contributed by atoms with van der Waals surface area (Å²) in [7, 11) is 0. The number of hydrogen-bond acceptors (Lipinski definition) is 6. The van der Waals surface area contributed by atoms with Gasteiger partial charge in [-0.2, -0.15) is 0 Å². The van der Waals surface area contributed by atoms with Crippen molar-refractivity contribution in [2.75, 3.05) is 6.61 Å². The van der Waals surface area contributed by atoms with Crippen LogP contribution in [0.15, 0.2) is 28.9 Å². The summed E-state index contributed by atoms with van der Waals surface area (Å²) in [5.74, 6) is -0.703. The van der Waals surface area contributed by atoms with E-state index in [2.05, 4.69) is 15.8 Å². The van der Waals surface area contributed by atoms with Crippen molar-refractivity contribution in [1.29, 1.82) is 0 Å². The molecule has 3 fully saturated rings. The fourth-order valence-corrected chi connectivity index (χ4v) is 4.63. The van der Waals surface area contributed by atoms with Gasteiger partial charge < -0.3 is 25.0 Å². The maximum absolute atomic E-state index is 13.5. The number of halogens is 2. The summed E-state index contributed by atoms with van der Waals surface area (Å²) >= 11 is 5.64. The lowest BCUT2D eigenvalue weighted by Crippen LogP contribution is -2.70. The average Bonchev–Trinajstić information content (AvgIpc) is 3.16. The van der Waals surface area contributed by atoms with Gasteiger partial charge >= 0.3 is 0 Å².